The average molecular weight is 352 g/mol. The van der Waals surface area contributed by atoms with Crippen LogP contribution in [-0.4, -0.2) is 24.2 Å². The van der Waals surface area contributed by atoms with E-state index in [0.29, 0.717) is 13.0 Å². The molecule has 0 saturated heterocycles. The van der Waals surface area contributed by atoms with Crippen LogP contribution in [0.1, 0.15) is 96.8 Å². The standard InChI is InChI=1S/C22H41NO2/c1-2-3-4-5-6-7-8-9-10-11-12-13-14-15-16-17-18-19-22(25)23-20-21-24/h11-12,15-16,24H,2-10,13-14,17-21H2,1H3,(H,23,25)/b12-11-,16-15-. The lowest BCUT2D eigenvalue weighted by atomic mass is 10.1. The lowest BCUT2D eigenvalue weighted by Crippen LogP contribution is -2.25. The van der Waals surface area contributed by atoms with E-state index in [2.05, 4.69) is 36.5 Å². The molecule has 0 unspecified atom stereocenters. The number of allylic oxidation sites excluding steroid dienone is 4. The van der Waals surface area contributed by atoms with Crippen LogP contribution in [0.3, 0.4) is 0 Å². The first-order valence-corrected chi connectivity index (χ1v) is 10.5. The van der Waals surface area contributed by atoms with Gasteiger partial charge in [0.15, 0.2) is 0 Å². The quantitative estimate of drug-likeness (QED) is 0.246. The minimum atomic E-state index is 0.0121. The maximum Gasteiger partial charge on any atom is 0.220 e. The monoisotopic (exact) mass is 351 g/mol. The normalized spacial score (nSPS) is 11.6. The van der Waals surface area contributed by atoms with Crippen LogP contribution < -0.4 is 5.32 Å². The van der Waals surface area contributed by atoms with E-state index >= 15 is 0 Å². The Hall–Kier alpha value is -1.09. The molecule has 0 radical (unpaired) electrons. The minimum absolute atomic E-state index is 0.0121. The summed E-state index contributed by atoms with van der Waals surface area (Å²) in [6, 6.07) is 0. The molecular formula is C22H41NO2. The maximum absolute atomic E-state index is 11.3. The summed E-state index contributed by atoms with van der Waals surface area (Å²) in [5.74, 6) is 0.0337. The fraction of sp³-hybridized carbons (Fsp3) is 0.773. The summed E-state index contributed by atoms with van der Waals surface area (Å²) in [4.78, 5) is 11.3. The Kier molecular flexibility index (Phi) is 20.0. The second-order valence-corrected chi connectivity index (χ2v) is 6.75. The van der Waals surface area contributed by atoms with Crippen molar-refractivity contribution >= 4 is 5.91 Å². The van der Waals surface area contributed by atoms with Gasteiger partial charge < -0.3 is 10.4 Å². The highest BCUT2D eigenvalue weighted by Gasteiger charge is 1.97. The maximum atomic E-state index is 11.3. The first kappa shape index (κ1) is 23.9. The highest BCUT2D eigenvalue weighted by atomic mass is 16.3. The summed E-state index contributed by atoms with van der Waals surface area (Å²) in [5.41, 5.74) is 0. The van der Waals surface area contributed by atoms with Crippen LogP contribution in [0.4, 0.5) is 0 Å². The van der Waals surface area contributed by atoms with Crippen LogP contribution in [0.2, 0.25) is 0 Å². The van der Waals surface area contributed by atoms with E-state index in [-0.39, 0.29) is 12.5 Å². The van der Waals surface area contributed by atoms with Gasteiger partial charge in [-0.2, -0.15) is 0 Å². The molecule has 0 aliphatic rings. The molecule has 0 fully saturated rings. The summed E-state index contributed by atoms with van der Waals surface area (Å²) in [6.07, 6.45) is 25.9. The molecule has 0 aromatic heterocycles. The Morgan fingerprint density at radius 3 is 1.88 bits per heavy atom. The molecule has 0 bridgehead atoms. The van der Waals surface area contributed by atoms with Gasteiger partial charge in [0, 0.05) is 13.0 Å². The van der Waals surface area contributed by atoms with E-state index in [0.717, 1.165) is 25.7 Å². The van der Waals surface area contributed by atoms with Crippen molar-refractivity contribution < 1.29 is 9.90 Å². The number of nitrogens with one attached hydrogen (secondary N) is 1. The molecule has 3 heteroatoms. The Morgan fingerprint density at radius 1 is 0.760 bits per heavy atom. The third-order valence-electron chi connectivity index (χ3n) is 4.27. The SMILES string of the molecule is CCCCCCCCCC/C=C\CC/C=C\CCCC(=O)NCCO. The number of hydrogen-bond acceptors (Lipinski definition) is 2. The first-order valence-electron chi connectivity index (χ1n) is 10.5. The molecule has 0 spiro atoms. The van der Waals surface area contributed by atoms with Crippen LogP contribution in [0.15, 0.2) is 24.3 Å². The molecule has 1 amide bonds. The van der Waals surface area contributed by atoms with Crippen molar-refractivity contribution in [1.29, 1.82) is 0 Å². The van der Waals surface area contributed by atoms with Crippen LogP contribution in [-0.2, 0) is 4.79 Å². The number of unbranched alkanes of at least 4 members (excludes halogenated alkanes) is 10. The van der Waals surface area contributed by atoms with Crippen molar-refractivity contribution in [3.05, 3.63) is 24.3 Å². The largest absolute Gasteiger partial charge is 0.395 e. The molecule has 0 aliphatic carbocycles. The number of aliphatic hydroxyl groups excluding tert-OH is 1. The fourth-order valence-electron chi connectivity index (χ4n) is 2.72. The zero-order chi connectivity index (χ0) is 18.4. The smallest absolute Gasteiger partial charge is 0.220 e. The molecule has 25 heavy (non-hydrogen) atoms. The number of carbonyl (C=O) groups excluding carboxylic acids is 1. The molecular weight excluding hydrogens is 310 g/mol. The van der Waals surface area contributed by atoms with Crippen molar-refractivity contribution in [3.63, 3.8) is 0 Å². The summed E-state index contributed by atoms with van der Waals surface area (Å²) < 4.78 is 0. The van der Waals surface area contributed by atoms with Gasteiger partial charge in [0.05, 0.1) is 6.61 Å². The first-order chi connectivity index (χ1) is 12.3. The zero-order valence-corrected chi connectivity index (χ0v) is 16.5. The average Bonchev–Trinajstić information content (AvgIpc) is 2.62. The van der Waals surface area contributed by atoms with Crippen molar-refractivity contribution in [1.82, 2.24) is 5.32 Å². The van der Waals surface area contributed by atoms with Gasteiger partial charge in [0.1, 0.15) is 0 Å². The molecule has 0 aromatic carbocycles. The molecule has 0 aromatic rings. The Bertz CT molecular complexity index is 337. The summed E-state index contributed by atoms with van der Waals surface area (Å²) in [5, 5.41) is 11.3. The van der Waals surface area contributed by atoms with Crippen LogP contribution in [0, 0.1) is 0 Å². The van der Waals surface area contributed by atoms with Gasteiger partial charge in [-0.25, -0.2) is 0 Å². The van der Waals surface area contributed by atoms with Gasteiger partial charge in [-0.15, -0.1) is 0 Å². The molecule has 0 heterocycles. The molecule has 2 N–H and O–H groups in total. The highest BCUT2D eigenvalue weighted by Crippen LogP contribution is 2.10. The zero-order valence-electron chi connectivity index (χ0n) is 16.5. The Labute approximate surface area is 156 Å². The number of aliphatic hydroxyl groups is 1. The lowest BCUT2D eigenvalue weighted by molar-refractivity contribution is -0.121. The molecule has 0 aliphatic heterocycles. The number of rotatable bonds is 18. The van der Waals surface area contributed by atoms with Gasteiger partial charge in [-0.05, 0) is 38.5 Å². The van der Waals surface area contributed by atoms with Gasteiger partial charge in [0.2, 0.25) is 5.91 Å². The van der Waals surface area contributed by atoms with Crippen molar-refractivity contribution in [3.8, 4) is 0 Å². The second kappa shape index (κ2) is 21.0. The summed E-state index contributed by atoms with van der Waals surface area (Å²) in [7, 11) is 0. The topological polar surface area (TPSA) is 49.3 Å². The molecule has 0 rings (SSSR count). The Balaban J connectivity index is 3.25. The molecule has 0 atom stereocenters. The Morgan fingerprint density at radius 2 is 1.28 bits per heavy atom. The molecule has 3 nitrogen and oxygen atoms in total. The van der Waals surface area contributed by atoms with Crippen molar-refractivity contribution in [2.75, 3.05) is 13.2 Å². The predicted octanol–water partition coefficient (Wildman–Crippen LogP) is 5.69. The third-order valence-corrected chi connectivity index (χ3v) is 4.27. The van der Waals surface area contributed by atoms with Crippen LogP contribution in [0.5, 0.6) is 0 Å². The van der Waals surface area contributed by atoms with E-state index < -0.39 is 0 Å². The number of hydrogen-bond donors (Lipinski definition) is 2. The lowest BCUT2D eigenvalue weighted by Gasteiger charge is -2.01. The number of amides is 1. The fourth-order valence-corrected chi connectivity index (χ4v) is 2.72. The minimum Gasteiger partial charge on any atom is -0.395 e. The molecule has 0 saturated carbocycles. The van der Waals surface area contributed by atoms with Crippen molar-refractivity contribution in [2.45, 2.75) is 96.8 Å². The van der Waals surface area contributed by atoms with E-state index in [1.54, 1.807) is 0 Å². The number of carbonyl (C=O) groups is 1. The van der Waals surface area contributed by atoms with Crippen LogP contribution in [0.25, 0.3) is 0 Å². The van der Waals surface area contributed by atoms with E-state index in [9.17, 15) is 4.79 Å². The van der Waals surface area contributed by atoms with Crippen molar-refractivity contribution in [2.24, 2.45) is 0 Å². The van der Waals surface area contributed by atoms with E-state index in [1.807, 2.05) is 0 Å². The van der Waals surface area contributed by atoms with Gasteiger partial charge >= 0.3 is 0 Å². The van der Waals surface area contributed by atoms with Gasteiger partial charge in [-0.3, -0.25) is 4.79 Å². The second-order valence-electron chi connectivity index (χ2n) is 6.75. The highest BCUT2D eigenvalue weighted by molar-refractivity contribution is 5.75. The van der Waals surface area contributed by atoms with Gasteiger partial charge in [0.25, 0.3) is 0 Å². The van der Waals surface area contributed by atoms with E-state index in [4.69, 9.17) is 5.11 Å². The summed E-state index contributed by atoms with van der Waals surface area (Å²) >= 11 is 0. The van der Waals surface area contributed by atoms with Crippen LogP contribution >= 0.6 is 0 Å². The third kappa shape index (κ3) is 20.9. The van der Waals surface area contributed by atoms with E-state index in [1.165, 1.54) is 57.8 Å². The predicted molar refractivity (Wildman–Crippen MR) is 109 cm³/mol. The molecule has 146 valence electrons. The summed E-state index contributed by atoms with van der Waals surface area (Å²) in [6.45, 7) is 2.64. The van der Waals surface area contributed by atoms with Gasteiger partial charge in [-0.1, -0.05) is 76.2 Å².